The molecule has 0 saturated heterocycles. The number of nitrogens with one attached hydrogen (secondary N) is 1. The number of carboxylic acid groups (broad SMARTS) is 1. The van der Waals surface area contributed by atoms with Gasteiger partial charge < -0.3 is 10.4 Å². The number of hydrogen-bond donors (Lipinski definition) is 2. The Morgan fingerprint density at radius 1 is 1.19 bits per heavy atom. The molecule has 3 nitrogen and oxygen atoms in total. The fourth-order valence-electron chi connectivity index (χ4n) is 2.39. The summed E-state index contributed by atoms with van der Waals surface area (Å²) < 4.78 is 1.01. The summed E-state index contributed by atoms with van der Waals surface area (Å²) in [4.78, 5) is 11.9. The molecule has 2 N–H and O–H groups in total. The molecule has 2 aromatic carbocycles. The van der Waals surface area contributed by atoms with Crippen LogP contribution in [0.3, 0.4) is 0 Å². The van der Waals surface area contributed by atoms with Crippen LogP contribution in [0.1, 0.15) is 20.8 Å². The second-order valence-electron chi connectivity index (χ2n) is 4.93. The molecular weight excluding hydrogens is 282 g/mol. The van der Waals surface area contributed by atoms with E-state index in [-0.39, 0.29) is 0 Å². The normalized spacial score (nSPS) is 10.7. The van der Waals surface area contributed by atoms with E-state index >= 15 is 0 Å². The molecule has 0 aliphatic rings. The van der Waals surface area contributed by atoms with Crippen LogP contribution in [-0.4, -0.2) is 11.1 Å². The van der Waals surface area contributed by atoms with Crippen LogP contribution in [0.4, 0.5) is 5.69 Å². The van der Waals surface area contributed by atoms with Crippen LogP contribution in [0, 0.1) is 6.92 Å². The second-order valence-corrected chi connectivity index (χ2v) is 5.99. The van der Waals surface area contributed by atoms with E-state index in [9.17, 15) is 9.90 Å². The first-order valence-electron chi connectivity index (χ1n) is 6.69. The van der Waals surface area contributed by atoms with Gasteiger partial charge in [0.2, 0.25) is 0 Å². The fourth-order valence-corrected chi connectivity index (χ4v) is 3.45. The number of aryl methyl sites for hydroxylation is 1. The second kappa shape index (κ2) is 5.58. The number of aromatic carboxylic acids is 1. The Morgan fingerprint density at radius 3 is 2.76 bits per heavy atom. The third-order valence-electron chi connectivity index (χ3n) is 3.38. The van der Waals surface area contributed by atoms with Crippen molar-refractivity contribution in [2.45, 2.75) is 13.5 Å². The third kappa shape index (κ3) is 2.76. The SMILES string of the molecule is Cc1cccc(NCc2c(C(=O)O)sc3ccccc23)c1. The molecule has 0 spiro atoms. The Balaban J connectivity index is 1.95. The molecule has 1 heterocycles. The molecule has 0 radical (unpaired) electrons. The van der Waals surface area contributed by atoms with E-state index in [1.807, 2.05) is 49.4 Å². The number of fused-ring (bicyclic) bond motifs is 1. The van der Waals surface area contributed by atoms with E-state index in [0.29, 0.717) is 11.4 Å². The van der Waals surface area contributed by atoms with Crippen molar-refractivity contribution in [1.82, 2.24) is 0 Å². The predicted molar refractivity (Wildman–Crippen MR) is 87.3 cm³/mol. The van der Waals surface area contributed by atoms with E-state index in [1.54, 1.807) is 0 Å². The average Bonchev–Trinajstić information content (AvgIpc) is 2.84. The minimum atomic E-state index is -0.864. The highest BCUT2D eigenvalue weighted by molar-refractivity contribution is 7.21. The Morgan fingerprint density at radius 2 is 2.00 bits per heavy atom. The van der Waals surface area contributed by atoms with Crippen molar-refractivity contribution in [3.05, 3.63) is 64.5 Å². The van der Waals surface area contributed by atoms with Gasteiger partial charge in [0.25, 0.3) is 0 Å². The first-order chi connectivity index (χ1) is 10.1. The highest BCUT2D eigenvalue weighted by atomic mass is 32.1. The topological polar surface area (TPSA) is 49.3 Å². The standard InChI is InChI=1S/C17H15NO2S/c1-11-5-4-6-12(9-11)18-10-14-13-7-2-3-8-15(13)21-16(14)17(19)20/h2-9,18H,10H2,1H3,(H,19,20). The molecule has 3 aromatic rings. The summed E-state index contributed by atoms with van der Waals surface area (Å²) >= 11 is 1.33. The molecule has 0 aliphatic carbocycles. The lowest BCUT2D eigenvalue weighted by molar-refractivity contribution is 0.0701. The van der Waals surface area contributed by atoms with Crippen LogP contribution in [0.5, 0.6) is 0 Å². The van der Waals surface area contributed by atoms with E-state index in [1.165, 1.54) is 16.9 Å². The summed E-state index contributed by atoms with van der Waals surface area (Å²) in [6.45, 7) is 2.54. The lowest BCUT2D eigenvalue weighted by atomic mass is 10.1. The molecular formula is C17H15NO2S. The van der Waals surface area contributed by atoms with Crippen LogP contribution < -0.4 is 5.32 Å². The molecule has 0 saturated carbocycles. The van der Waals surface area contributed by atoms with Gasteiger partial charge in [-0.15, -0.1) is 11.3 Å². The zero-order valence-corrected chi connectivity index (χ0v) is 12.4. The van der Waals surface area contributed by atoms with Crippen molar-refractivity contribution in [3.63, 3.8) is 0 Å². The van der Waals surface area contributed by atoms with Crippen molar-refractivity contribution in [2.24, 2.45) is 0 Å². The molecule has 0 atom stereocenters. The van der Waals surface area contributed by atoms with Crippen LogP contribution in [0.25, 0.3) is 10.1 Å². The van der Waals surface area contributed by atoms with E-state index in [4.69, 9.17) is 0 Å². The van der Waals surface area contributed by atoms with E-state index in [2.05, 4.69) is 11.4 Å². The summed E-state index contributed by atoms with van der Waals surface area (Å²) in [6, 6.07) is 15.9. The Labute approximate surface area is 126 Å². The highest BCUT2D eigenvalue weighted by Gasteiger charge is 2.17. The quantitative estimate of drug-likeness (QED) is 0.744. The smallest absolute Gasteiger partial charge is 0.346 e. The van der Waals surface area contributed by atoms with Crippen molar-refractivity contribution >= 4 is 33.1 Å². The van der Waals surface area contributed by atoms with Gasteiger partial charge in [-0.2, -0.15) is 0 Å². The van der Waals surface area contributed by atoms with Gasteiger partial charge in [-0.1, -0.05) is 30.3 Å². The molecule has 4 heteroatoms. The molecule has 0 fully saturated rings. The van der Waals surface area contributed by atoms with Crippen LogP contribution in [0.15, 0.2) is 48.5 Å². The maximum atomic E-state index is 11.4. The van der Waals surface area contributed by atoms with Gasteiger partial charge in [0, 0.05) is 22.5 Å². The summed E-state index contributed by atoms with van der Waals surface area (Å²) in [7, 11) is 0. The average molecular weight is 297 g/mol. The van der Waals surface area contributed by atoms with Gasteiger partial charge >= 0.3 is 5.97 Å². The number of thiophene rings is 1. The lowest BCUT2D eigenvalue weighted by Gasteiger charge is -2.07. The fraction of sp³-hybridized carbons (Fsp3) is 0.118. The van der Waals surface area contributed by atoms with Gasteiger partial charge in [0.15, 0.2) is 0 Å². The summed E-state index contributed by atoms with van der Waals surface area (Å²) in [5.41, 5.74) is 3.03. The van der Waals surface area contributed by atoms with Crippen molar-refractivity contribution < 1.29 is 9.90 Å². The summed E-state index contributed by atoms with van der Waals surface area (Å²) in [5, 5.41) is 13.7. The highest BCUT2D eigenvalue weighted by Crippen LogP contribution is 2.31. The van der Waals surface area contributed by atoms with Crippen molar-refractivity contribution in [3.8, 4) is 0 Å². The largest absolute Gasteiger partial charge is 0.477 e. The van der Waals surface area contributed by atoms with Crippen molar-refractivity contribution in [1.29, 1.82) is 0 Å². The van der Waals surface area contributed by atoms with E-state index in [0.717, 1.165) is 21.3 Å². The van der Waals surface area contributed by atoms with Gasteiger partial charge in [0.05, 0.1) is 0 Å². The summed E-state index contributed by atoms with van der Waals surface area (Å²) in [6.07, 6.45) is 0. The minimum absolute atomic E-state index is 0.413. The van der Waals surface area contributed by atoms with Gasteiger partial charge in [0.1, 0.15) is 4.88 Å². The number of benzene rings is 2. The molecule has 0 bridgehead atoms. The Hall–Kier alpha value is -2.33. The maximum absolute atomic E-state index is 11.4. The molecule has 0 aliphatic heterocycles. The van der Waals surface area contributed by atoms with Crippen LogP contribution in [0.2, 0.25) is 0 Å². The number of carboxylic acids is 1. The van der Waals surface area contributed by atoms with Gasteiger partial charge in [-0.3, -0.25) is 0 Å². The predicted octanol–water partition coefficient (Wildman–Crippen LogP) is 4.52. The number of hydrogen-bond acceptors (Lipinski definition) is 3. The minimum Gasteiger partial charge on any atom is -0.477 e. The Kier molecular flexibility index (Phi) is 3.62. The van der Waals surface area contributed by atoms with Crippen LogP contribution in [-0.2, 0) is 6.54 Å². The van der Waals surface area contributed by atoms with Crippen molar-refractivity contribution in [2.75, 3.05) is 5.32 Å². The van der Waals surface area contributed by atoms with Crippen LogP contribution >= 0.6 is 11.3 Å². The Bertz CT molecular complexity index is 807. The number of rotatable bonds is 4. The molecule has 3 rings (SSSR count). The first kappa shape index (κ1) is 13.6. The van der Waals surface area contributed by atoms with E-state index < -0.39 is 5.97 Å². The third-order valence-corrected chi connectivity index (χ3v) is 4.58. The number of carbonyl (C=O) groups is 1. The number of anilines is 1. The molecule has 106 valence electrons. The molecule has 0 unspecified atom stereocenters. The summed E-state index contributed by atoms with van der Waals surface area (Å²) in [5.74, 6) is -0.864. The van der Waals surface area contributed by atoms with Gasteiger partial charge in [-0.25, -0.2) is 4.79 Å². The monoisotopic (exact) mass is 297 g/mol. The van der Waals surface area contributed by atoms with Gasteiger partial charge in [-0.05, 0) is 36.1 Å². The molecule has 0 amide bonds. The molecule has 1 aromatic heterocycles. The first-order valence-corrected chi connectivity index (χ1v) is 7.51. The zero-order chi connectivity index (χ0) is 14.8. The maximum Gasteiger partial charge on any atom is 0.346 e. The lowest BCUT2D eigenvalue weighted by Crippen LogP contribution is -2.04. The zero-order valence-electron chi connectivity index (χ0n) is 11.6. The molecule has 21 heavy (non-hydrogen) atoms.